The zero-order chi connectivity index (χ0) is 21.1. The maximum Gasteiger partial charge on any atom is 0.255 e. The van der Waals surface area contributed by atoms with Crippen molar-refractivity contribution in [3.05, 3.63) is 52.3 Å². The molecule has 1 aliphatic heterocycles. The van der Waals surface area contributed by atoms with Gasteiger partial charge in [0, 0.05) is 43.6 Å². The summed E-state index contributed by atoms with van der Waals surface area (Å²) >= 11 is 6.09. The first-order chi connectivity index (χ1) is 13.8. The number of piperazine rings is 1. The normalized spacial score (nSPS) is 15.0. The molecule has 0 radical (unpaired) electrons. The Kier molecular flexibility index (Phi) is 6.65. The summed E-state index contributed by atoms with van der Waals surface area (Å²) in [5.74, 6) is -0.0245. The molecule has 29 heavy (non-hydrogen) atoms. The molecule has 1 aromatic carbocycles. The van der Waals surface area contributed by atoms with Crippen LogP contribution in [0, 0.1) is 13.8 Å². The molecular weight excluding hydrogens is 388 g/mol. The molecule has 1 saturated heterocycles. The summed E-state index contributed by atoms with van der Waals surface area (Å²) in [5.41, 5.74) is 3.52. The average Bonchev–Trinajstić information content (AvgIpc) is 2.98. The molecule has 0 saturated carbocycles. The first kappa shape index (κ1) is 21.4. The highest BCUT2D eigenvalue weighted by Crippen LogP contribution is 2.22. The van der Waals surface area contributed by atoms with Gasteiger partial charge in [0.15, 0.2) is 0 Å². The lowest BCUT2D eigenvalue weighted by molar-refractivity contribution is -0.117. The lowest BCUT2D eigenvalue weighted by Crippen LogP contribution is -2.50. The van der Waals surface area contributed by atoms with Gasteiger partial charge in [-0.2, -0.15) is 0 Å². The highest BCUT2D eigenvalue weighted by Gasteiger charge is 2.26. The predicted molar refractivity (Wildman–Crippen MR) is 117 cm³/mol. The molecular formula is C22H29ClN4O2. The molecule has 2 aromatic rings. The van der Waals surface area contributed by atoms with Gasteiger partial charge in [-0.05, 0) is 45.9 Å². The van der Waals surface area contributed by atoms with Crippen LogP contribution in [0.4, 0.5) is 5.69 Å². The highest BCUT2D eigenvalue weighted by molar-refractivity contribution is 6.33. The number of aromatic nitrogens is 1. The van der Waals surface area contributed by atoms with E-state index in [1.165, 1.54) is 0 Å². The fourth-order valence-electron chi connectivity index (χ4n) is 4.02. The zero-order valence-corrected chi connectivity index (χ0v) is 18.3. The van der Waals surface area contributed by atoms with Crippen molar-refractivity contribution < 1.29 is 9.59 Å². The average molecular weight is 417 g/mol. The Bertz CT molecular complexity index is 898. The second kappa shape index (κ2) is 9.01. The van der Waals surface area contributed by atoms with Gasteiger partial charge in [-0.1, -0.05) is 23.7 Å². The number of anilines is 1. The summed E-state index contributed by atoms with van der Waals surface area (Å²) < 4.78 is 2.20. The number of amides is 2. The van der Waals surface area contributed by atoms with Crippen LogP contribution >= 0.6 is 11.6 Å². The quantitative estimate of drug-likeness (QED) is 0.807. The number of carbonyl (C=O) groups is 2. The first-order valence-electron chi connectivity index (χ1n) is 10.0. The summed E-state index contributed by atoms with van der Waals surface area (Å²) in [4.78, 5) is 29.3. The van der Waals surface area contributed by atoms with Crippen LogP contribution in [0.2, 0.25) is 5.02 Å². The third-order valence-corrected chi connectivity index (χ3v) is 5.74. The number of para-hydroxylation sites is 1. The number of halogens is 1. The smallest absolute Gasteiger partial charge is 0.255 e. The van der Waals surface area contributed by atoms with Crippen molar-refractivity contribution in [1.29, 1.82) is 0 Å². The van der Waals surface area contributed by atoms with E-state index in [2.05, 4.69) is 28.6 Å². The van der Waals surface area contributed by atoms with Gasteiger partial charge in [0.2, 0.25) is 5.91 Å². The molecule has 156 valence electrons. The van der Waals surface area contributed by atoms with Gasteiger partial charge in [0.05, 0.1) is 22.8 Å². The molecule has 1 aliphatic rings. The lowest BCUT2D eigenvalue weighted by Gasteiger charge is -2.34. The molecule has 0 spiro atoms. The summed E-state index contributed by atoms with van der Waals surface area (Å²) in [6, 6.07) is 9.50. The largest absolute Gasteiger partial charge is 0.346 e. The number of hydrogen-bond acceptors (Lipinski definition) is 3. The number of nitrogens with zero attached hydrogens (tertiary/aromatic N) is 3. The monoisotopic (exact) mass is 416 g/mol. The SMILES string of the molecule is Cc1cc(C(=O)N2CCN(CC(=O)Nc3ccccc3Cl)CC2)c(C)n1C(C)C. The Balaban J connectivity index is 1.55. The van der Waals surface area contributed by atoms with E-state index in [1.54, 1.807) is 12.1 Å². The van der Waals surface area contributed by atoms with E-state index in [9.17, 15) is 9.59 Å². The topological polar surface area (TPSA) is 57.6 Å². The lowest BCUT2D eigenvalue weighted by atomic mass is 10.2. The highest BCUT2D eigenvalue weighted by atomic mass is 35.5. The van der Waals surface area contributed by atoms with Crippen LogP contribution in [0.1, 0.15) is 41.6 Å². The second-order valence-corrected chi connectivity index (χ2v) is 8.25. The van der Waals surface area contributed by atoms with Crippen molar-refractivity contribution >= 4 is 29.1 Å². The van der Waals surface area contributed by atoms with Gasteiger partial charge in [0.1, 0.15) is 0 Å². The third-order valence-electron chi connectivity index (χ3n) is 5.41. The van der Waals surface area contributed by atoms with E-state index in [0.29, 0.717) is 42.9 Å². The van der Waals surface area contributed by atoms with Crippen LogP contribution in [-0.2, 0) is 4.79 Å². The molecule has 1 fully saturated rings. The summed E-state index contributed by atoms with van der Waals surface area (Å²) in [7, 11) is 0. The molecule has 0 unspecified atom stereocenters. The van der Waals surface area contributed by atoms with Crippen molar-refractivity contribution in [1.82, 2.24) is 14.4 Å². The van der Waals surface area contributed by atoms with Gasteiger partial charge in [-0.25, -0.2) is 0 Å². The molecule has 2 amide bonds. The first-order valence-corrected chi connectivity index (χ1v) is 10.4. The third kappa shape index (κ3) is 4.82. The summed E-state index contributed by atoms with van der Waals surface area (Å²) in [6.45, 7) is 11.2. The van der Waals surface area contributed by atoms with Crippen LogP contribution in [0.5, 0.6) is 0 Å². The van der Waals surface area contributed by atoms with Gasteiger partial charge >= 0.3 is 0 Å². The fraction of sp³-hybridized carbons (Fsp3) is 0.455. The minimum Gasteiger partial charge on any atom is -0.346 e. The predicted octanol–water partition coefficient (Wildman–Crippen LogP) is 3.74. The van der Waals surface area contributed by atoms with Crippen LogP contribution in [0.15, 0.2) is 30.3 Å². The molecule has 1 N–H and O–H groups in total. The molecule has 7 heteroatoms. The van der Waals surface area contributed by atoms with E-state index < -0.39 is 0 Å². The molecule has 2 heterocycles. The van der Waals surface area contributed by atoms with Crippen LogP contribution in [-0.4, -0.2) is 58.9 Å². The van der Waals surface area contributed by atoms with E-state index >= 15 is 0 Å². The van der Waals surface area contributed by atoms with Gasteiger partial charge in [-0.3, -0.25) is 14.5 Å². The zero-order valence-electron chi connectivity index (χ0n) is 17.5. The minimum absolute atomic E-state index is 0.0742. The second-order valence-electron chi connectivity index (χ2n) is 7.84. The Morgan fingerprint density at radius 2 is 1.76 bits per heavy atom. The fourth-order valence-corrected chi connectivity index (χ4v) is 4.21. The van der Waals surface area contributed by atoms with Gasteiger partial charge in [0.25, 0.3) is 5.91 Å². The Morgan fingerprint density at radius 3 is 2.34 bits per heavy atom. The minimum atomic E-state index is -0.0987. The van der Waals surface area contributed by atoms with Crippen molar-refractivity contribution in [2.75, 3.05) is 38.0 Å². The molecule has 6 nitrogen and oxygen atoms in total. The van der Waals surface area contributed by atoms with Crippen LogP contribution in [0.25, 0.3) is 0 Å². The number of rotatable bonds is 5. The van der Waals surface area contributed by atoms with E-state index in [0.717, 1.165) is 17.0 Å². The van der Waals surface area contributed by atoms with Crippen molar-refractivity contribution in [2.45, 2.75) is 33.7 Å². The maximum atomic E-state index is 13.0. The number of carbonyl (C=O) groups excluding carboxylic acids is 2. The number of benzene rings is 1. The number of aryl methyl sites for hydroxylation is 1. The van der Waals surface area contributed by atoms with Crippen LogP contribution in [0.3, 0.4) is 0 Å². The van der Waals surface area contributed by atoms with E-state index in [-0.39, 0.29) is 18.4 Å². The molecule has 0 aliphatic carbocycles. The van der Waals surface area contributed by atoms with E-state index in [4.69, 9.17) is 11.6 Å². The Labute approximate surface area is 177 Å². The molecule has 1 aromatic heterocycles. The Morgan fingerprint density at radius 1 is 1.10 bits per heavy atom. The molecule has 3 rings (SSSR count). The van der Waals surface area contributed by atoms with Crippen LogP contribution < -0.4 is 5.32 Å². The van der Waals surface area contributed by atoms with Gasteiger partial charge < -0.3 is 14.8 Å². The summed E-state index contributed by atoms with van der Waals surface area (Å²) in [5, 5.41) is 3.37. The van der Waals surface area contributed by atoms with Crippen molar-refractivity contribution in [3.8, 4) is 0 Å². The summed E-state index contributed by atoms with van der Waals surface area (Å²) in [6.07, 6.45) is 0. The standard InChI is InChI=1S/C22H29ClN4O2/c1-15(2)27-16(3)13-18(17(27)4)22(29)26-11-9-25(10-12-26)14-21(28)24-20-8-6-5-7-19(20)23/h5-8,13,15H,9-12,14H2,1-4H3,(H,24,28). The van der Waals surface area contributed by atoms with Crippen molar-refractivity contribution in [2.24, 2.45) is 0 Å². The van der Waals surface area contributed by atoms with Gasteiger partial charge in [-0.15, -0.1) is 0 Å². The van der Waals surface area contributed by atoms with Crippen molar-refractivity contribution in [3.63, 3.8) is 0 Å². The number of hydrogen-bond donors (Lipinski definition) is 1. The maximum absolute atomic E-state index is 13.0. The number of nitrogens with one attached hydrogen (secondary N) is 1. The molecule has 0 bridgehead atoms. The Hall–Kier alpha value is -2.31. The molecule has 0 atom stereocenters. The van der Waals surface area contributed by atoms with E-state index in [1.807, 2.05) is 36.9 Å².